The fraction of sp³-hybridized carbons (Fsp3) is 0.391. The fourth-order valence-corrected chi connectivity index (χ4v) is 3.35. The van der Waals surface area contributed by atoms with Gasteiger partial charge in [-0.25, -0.2) is 0 Å². The first-order valence-electron chi connectivity index (χ1n) is 10.3. The molecule has 0 spiro atoms. The maximum Gasteiger partial charge on any atom is 0.200 e. The van der Waals surface area contributed by atoms with Crippen LogP contribution in [0.3, 0.4) is 0 Å². The summed E-state index contributed by atoms with van der Waals surface area (Å²) in [4.78, 5) is 2.15. The van der Waals surface area contributed by atoms with Crippen molar-refractivity contribution >= 4 is 17.9 Å². The molecule has 0 fully saturated rings. The van der Waals surface area contributed by atoms with Crippen molar-refractivity contribution in [3.8, 4) is 28.6 Å². The van der Waals surface area contributed by atoms with E-state index >= 15 is 0 Å². The lowest BCUT2D eigenvalue weighted by atomic mass is 10.1. The highest BCUT2D eigenvalue weighted by Crippen LogP contribution is 2.33. The van der Waals surface area contributed by atoms with Gasteiger partial charge in [0, 0.05) is 18.7 Å². The Morgan fingerprint density at radius 1 is 1.20 bits per heavy atom. The van der Waals surface area contributed by atoms with E-state index in [2.05, 4.69) is 35.0 Å². The summed E-state index contributed by atoms with van der Waals surface area (Å²) < 4.78 is 7.95. The summed E-state index contributed by atoms with van der Waals surface area (Å²) >= 11 is 5.51. The van der Waals surface area contributed by atoms with E-state index in [4.69, 9.17) is 17.0 Å². The molecule has 2 N–H and O–H groups in total. The Balaban J connectivity index is 0.00000155. The lowest BCUT2D eigenvalue weighted by Crippen LogP contribution is -2.26. The van der Waals surface area contributed by atoms with E-state index in [1.807, 2.05) is 56.7 Å². The molecule has 0 aliphatic rings. The maximum atomic E-state index is 10.0. The highest BCUT2D eigenvalue weighted by atomic mass is 32.1. The first-order chi connectivity index (χ1) is 14.4. The normalized spacial score (nSPS) is 10.5. The van der Waals surface area contributed by atoms with E-state index in [1.54, 1.807) is 13.2 Å². The third kappa shape index (κ3) is 4.67. The Hall–Kier alpha value is -2.80. The van der Waals surface area contributed by atoms with E-state index in [0.29, 0.717) is 16.6 Å². The predicted molar refractivity (Wildman–Crippen MR) is 127 cm³/mol. The number of phenolic OH excluding ortho intramolecular Hbond substituents is 1. The second-order valence-electron chi connectivity index (χ2n) is 6.95. The van der Waals surface area contributed by atoms with E-state index in [0.717, 1.165) is 34.7 Å². The van der Waals surface area contributed by atoms with Crippen LogP contribution in [-0.2, 0) is 6.42 Å². The van der Waals surface area contributed by atoms with E-state index in [1.165, 1.54) is 0 Å². The maximum absolute atomic E-state index is 10.0. The van der Waals surface area contributed by atoms with Gasteiger partial charge in [0.05, 0.1) is 18.5 Å². The number of methoxy groups -OCH3 is 1. The van der Waals surface area contributed by atoms with Crippen LogP contribution in [0.2, 0.25) is 0 Å². The molecule has 0 saturated carbocycles. The first-order valence-corrected chi connectivity index (χ1v) is 10.7. The van der Waals surface area contributed by atoms with Gasteiger partial charge in [-0.05, 0) is 74.4 Å². The Kier molecular flexibility index (Phi) is 8.06. The molecule has 0 saturated heterocycles. The fourth-order valence-electron chi connectivity index (χ4n) is 3.11. The quantitative estimate of drug-likeness (QED) is 0.490. The van der Waals surface area contributed by atoms with Crippen molar-refractivity contribution in [3.63, 3.8) is 0 Å². The first kappa shape index (κ1) is 23.5. The number of nitrogens with zero attached hydrogens (tertiary/aromatic N) is 3. The average molecular weight is 429 g/mol. The molecular weight excluding hydrogens is 396 g/mol. The van der Waals surface area contributed by atoms with E-state index in [9.17, 15) is 5.11 Å². The number of benzene rings is 2. The Morgan fingerprint density at radius 3 is 2.50 bits per heavy atom. The van der Waals surface area contributed by atoms with Gasteiger partial charge >= 0.3 is 0 Å². The standard InChI is InChI=1S/C21H26N4O2S.C2H6/c1-6-14-11-15(7-9-18(14)26)20-22-23-21(28)25(20)16-8-10-19(27-5)17(12-16)24(4)13(2)3;1-2/h7-13,26H,6H2,1-5H3,(H,23,28);1-2H3. The van der Waals surface area contributed by atoms with Crippen LogP contribution in [0, 0.1) is 4.77 Å². The van der Waals surface area contributed by atoms with Gasteiger partial charge in [-0.1, -0.05) is 20.8 Å². The molecular formula is C23H32N4O2S. The summed E-state index contributed by atoms with van der Waals surface area (Å²) in [6, 6.07) is 11.8. The molecule has 3 aromatic rings. The molecule has 0 atom stereocenters. The summed E-state index contributed by atoms with van der Waals surface area (Å²) in [5.41, 5.74) is 3.62. The third-order valence-electron chi connectivity index (χ3n) is 4.97. The number of hydrogen-bond acceptors (Lipinski definition) is 5. The molecule has 0 radical (unpaired) electrons. The van der Waals surface area contributed by atoms with Crippen LogP contribution >= 0.6 is 12.2 Å². The second-order valence-corrected chi connectivity index (χ2v) is 7.33. The Labute approximate surface area is 184 Å². The van der Waals surface area contributed by atoms with E-state index in [-0.39, 0.29) is 5.75 Å². The number of aryl methyl sites for hydroxylation is 1. The van der Waals surface area contributed by atoms with Crippen LogP contribution in [0.25, 0.3) is 17.1 Å². The monoisotopic (exact) mass is 428 g/mol. The number of H-pyrrole nitrogens is 1. The van der Waals surface area contributed by atoms with Gasteiger partial charge in [0.25, 0.3) is 0 Å². The third-order valence-corrected chi connectivity index (χ3v) is 5.24. The van der Waals surface area contributed by atoms with Crippen LogP contribution in [0.5, 0.6) is 11.5 Å². The molecule has 0 amide bonds. The van der Waals surface area contributed by atoms with Crippen molar-refractivity contribution in [1.29, 1.82) is 0 Å². The van der Waals surface area contributed by atoms with Crippen LogP contribution in [-0.4, -0.2) is 40.1 Å². The summed E-state index contributed by atoms with van der Waals surface area (Å²) in [5.74, 6) is 1.79. The van der Waals surface area contributed by atoms with Crippen molar-refractivity contribution in [2.24, 2.45) is 0 Å². The molecule has 0 unspecified atom stereocenters. The summed E-state index contributed by atoms with van der Waals surface area (Å²) in [7, 11) is 3.71. The summed E-state index contributed by atoms with van der Waals surface area (Å²) in [6.45, 7) is 10.3. The van der Waals surface area contributed by atoms with Crippen LogP contribution in [0.1, 0.15) is 40.2 Å². The number of aromatic amines is 1. The van der Waals surface area contributed by atoms with Crippen molar-refractivity contribution in [2.75, 3.05) is 19.1 Å². The zero-order valence-corrected chi connectivity index (χ0v) is 19.7. The largest absolute Gasteiger partial charge is 0.508 e. The van der Waals surface area contributed by atoms with Crippen LogP contribution in [0.4, 0.5) is 5.69 Å². The molecule has 6 nitrogen and oxygen atoms in total. The number of nitrogens with one attached hydrogen (secondary N) is 1. The zero-order chi connectivity index (χ0) is 22.4. The lowest BCUT2D eigenvalue weighted by Gasteiger charge is -2.26. The van der Waals surface area contributed by atoms with Crippen molar-refractivity contribution in [3.05, 3.63) is 46.7 Å². The number of aromatic hydroxyl groups is 1. The molecule has 0 aliphatic heterocycles. The molecule has 3 rings (SSSR count). The lowest BCUT2D eigenvalue weighted by molar-refractivity contribution is 0.414. The SMILES string of the molecule is CC.CCc1cc(-c2n[nH]c(=S)n2-c2ccc(OC)c(N(C)C(C)C)c2)ccc1O. The molecule has 2 aromatic carbocycles. The molecule has 30 heavy (non-hydrogen) atoms. The molecule has 1 aromatic heterocycles. The number of ether oxygens (including phenoxy) is 1. The number of aromatic nitrogens is 3. The predicted octanol–water partition coefficient (Wildman–Crippen LogP) is 5.74. The highest BCUT2D eigenvalue weighted by molar-refractivity contribution is 7.71. The number of anilines is 1. The van der Waals surface area contributed by atoms with Gasteiger partial charge in [0.2, 0.25) is 0 Å². The molecule has 162 valence electrons. The Bertz CT molecular complexity index is 1040. The van der Waals surface area contributed by atoms with Crippen LogP contribution < -0.4 is 9.64 Å². The minimum Gasteiger partial charge on any atom is -0.508 e. The van der Waals surface area contributed by atoms with Crippen molar-refractivity contribution < 1.29 is 9.84 Å². The highest BCUT2D eigenvalue weighted by Gasteiger charge is 2.17. The van der Waals surface area contributed by atoms with Crippen molar-refractivity contribution in [1.82, 2.24) is 14.8 Å². The summed E-state index contributed by atoms with van der Waals surface area (Å²) in [6.07, 6.45) is 0.733. The molecule has 1 heterocycles. The molecule has 0 aliphatic carbocycles. The smallest absolute Gasteiger partial charge is 0.200 e. The number of hydrogen-bond donors (Lipinski definition) is 2. The van der Waals surface area contributed by atoms with Gasteiger partial charge in [0.1, 0.15) is 11.5 Å². The molecule has 0 bridgehead atoms. The summed E-state index contributed by atoms with van der Waals surface area (Å²) in [5, 5.41) is 17.3. The molecule has 7 heteroatoms. The zero-order valence-electron chi connectivity index (χ0n) is 18.9. The van der Waals surface area contributed by atoms with E-state index < -0.39 is 0 Å². The average Bonchev–Trinajstić information content (AvgIpc) is 3.15. The van der Waals surface area contributed by atoms with Gasteiger partial charge in [-0.3, -0.25) is 9.67 Å². The minimum atomic E-state index is 0.289. The van der Waals surface area contributed by atoms with Crippen LogP contribution in [0.15, 0.2) is 36.4 Å². The van der Waals surface area contributed by atoms with Gasteiger partial charge < -0.3 is 14.7 Å². The topological polar surface area (TPSA) is 66.3 Å². The minimum absolute atomic E-state index is 0.289. The van der Waals surface area contributed by atoms with Gasteiger partial charge in [-0.15, -0.1) is 0 Å². The van der Waals surface area contributed by atoms with Crippen molar-refractivity contribution in [2.45, 2.75) is 47.1 Å². The van der Waals surface area contributed by atoms with Gasteiger partial charge in [-0.2, -0.15) is 5.10 Å². The second kappa shape index (κ2) is 10.3. The number of rotatable bonds is 6. The number of phenols is 1. The van der Waals surface area contributed by atoms with Gasteiger partial charge in [0.15, 0.2) is 10.6 Å². The Morgan fingerprint density at radius 2 is 1.90 bits per heavy atom.